The standard InChI is InChI=1S/C21H20Cl2N4O/c1-13-6-4-5-7-19(13)25-21(28)26-24-12-16-10-14(2)27(15(16)3)20-11-17(22)8-9-18(20)23/h4-12H,1-3H3,(H2,25,26,28). The van der Waals surface area contributed by atoms with Gasteiger partial charge in [-0.25, -0.2) is 10.2 Å². The van der Waals surface area contributed by atoms with Gasteiger partial charge in [0, 0.05) is 27.7 Å². The largest absolute Gasteiger partial charge is 0.339 e. The number of rotatable bonds is 4. The molecule has 5 nitrogen and oxygen atoms in total. The molecule has 0 aliphatic carbocycles. The van der Waals surface area contributed by atoms with E-state index in [0.29, 0.717) is 10.0 Å². The first-order valence-corrected chi connectivity index (χ1v) is 9.42. The molecular weight excluding hydrogens is 395 g/mol. The minimum absolute atomic E-state index is 0.405. The van der Waals surface area contributed by atoms with E-state index in [1.165, 1.54) is 0 Å². The van der Waals surface area contributed by atoms with E-state index in [-0.39, 0.29) is 0 Å². The molecule has 3 rings (SSSR count). The van der Waals surface area contributed by atoms with Crippen LogP contribution in [0.1, 0.15) is 22.5 Å². The highest BCUT2D eigenvalue weighted by Crippen LogP contribution is 2.28. The molecule has 0 atom stereocenters. The van der Waals surface area contributed by atoms with E-state index in [1.54, 1.807) is 18.3 Å². The van der Waals surface area contributed by atoms with E-state index in [0.717, 1.165) is 33.9 Å². The fraction of sp³-hybridized carbons (Fsp3) is 0.143. The molecule has 2 N–H and O–H groups in total. The van der Waals surface area contributed by atoms with Gasteiger partial charge in [0.1, 0.15) is 0 Å². The lowest BCUT2D eigenvalue weighted by molar-refractivity contribution is 0.252. The van der Waals surface area contributed by atoms with Crippen LogP contribution in [0.3, 0.4) is 0 Å². The predicted octanol–water partition coefficient (Wildman–Crippen LogP) is 5.86. The number of hydrogen-bond donors (Lipinski definition) is 2. The van der Waals surface area contributed by atoms with Crippen LogP contribution in [0.15, 0.2) is 53.6 Å². The Morgan fingerprint density at radius 2 is 1.82 bits per heavy atom. The zero-order chi connectivity index (χ0) is 20.3. The maximum Gasteiger partial charge on any atom is 0.339 e. The fourth-order valence-electron chi connectivity index (χ4n) is 2.97. The van der Waals surface area contributed by atoms with Crippen molar-refractivity contribution in [1.82, 2.24) is 9.99 Å². The Morgan fingerprint density at radius 1 is 1.07 bits per heavy atom. The van der Waals surface area contributed by atoms with Gasteiger partial charge in [0.05, 0.1) is 16.9 Å². The maximum atomic E-state index is 12.0. The highest BCUT2D eigenvalue weighted by molar-refractivity contribution is 6.34. The summed E-state index contributed by atoms with van der Waals surface area (Å²) in [4.78, 5) is 12.0. The molecule has 0 aliphatic heterocycles. The van der Waals surface area contributed by atoms with Gasteiger partial charge in [-0.1, -0.05) is 41.4 Å². The van der Waals surface area contributed by atoms with Gasteiger partial charge in [-0.2, -0.15) is 5.10 Å². The van der Waals surface area contributed by atoms with Crippen LogP contribution in [-0.2, 0) is 0 Å². The van der Waals surface area contributed by atoms with Gasteiger partial charge < -0.3 is 9.88 Å². The molecule has 7 heteroatoms. The fourth-order valence-corrected chi connectivity index (χ4v) is 3.34. The molecule has 0 spiro atoms. The van der Waals surface area contributed by atoms with Crippen LogP contribution in [0.4, 0.5) is 10.5 Å². The molecule has 0 saturated carbocycles. The van der Waals surface area contributed by atoms with Crippen LogP contribution >= 0.6 is 23.2 Å². The summed E-state index contributed by atoms with van der Waals surface area (Å²) in [5.74, 6) is 0. The molecule has 0 bridgehead atoms. The van der Waals surface area contributed by atoms with Crippen molar-refractivity contribution in [3.63, 3.8) is 0 Å². The number of hydrogen-bond acceptors (Lipinski definition) is 2. The summed E-state index contributed by atoms with van der Waals surface area (Å²) >= 11 is 12.5. The summed E-state index contributed by atoms with van der Waals surface area (Å²) in [5.41, 5.74) is 7.78. The number of halogens is 2. The minimum atomic E-state index is -0.405. The highest BCUT2D eigenvalue weighted by Gasteiger charge is 2.12. The van der Waals surface area contributed by atoms with Crippen molar-refractivity contribution in [1.29, 1.82) is 0 Å². The number of carbonyl (C=O) groups excluding carboxylic acids is 1. The third-order valence-corrected chi connectivity index (χ3v) is 4.94. The summed E-state index contributed by atoms with van der Waals surface area (Å²) < 4.78 is 2.00. The van der Waals surface area contributed by atoms with Crippen LogP contribution in [0.2, 0.25) is 10.0 Å². The summed E-state index contributed by atoms with van der Waals surface area (Å²) in [6.45, 7) is 5.85. The lowest BCUT2D eigenvalue weighted by Crippen LogP contribution is -2.24. The quantitative estimate of drug-likeness (QED) is 0.407. The lowest BCUT2D eigenvalue weighted by atomic mass is 10.2. The van der Waals surface area contributed by atoms with E-state index in [9.17, 15) is 4.79 Å². The van der Waals surface area contributed by atoms with Crippen molar-refractivity contribution in [2.24, 2.45) is 5.10 Å². The Kier molecular flexibility index (Phi) is 6.07. The molecule has 0 unspecified atom stereocenters. The molecule has 2 amide bonds. The summed E-state index contributed by atoms with van der Waals surface area (Å²) in [6, 6.07) is 14.4. The van der Waals surface area contributed by atoms with Crippen LogP contribution in [0.5, 0.6) is 0 Å². The Balaban J connectivity index is 1.76. The van der Waals surface area contributed by atoms with E-state index in [1.807, 2.05) is 61.7 Å². The van der Waals surface area contributed by atoms with Crippen molar-refractivity contribution >= 4 is 41.1 Å². The second-order valence-electron chi connectivity index (χ2n) is 6.40. The van der Waals surface area contributed by atoms with E-state index < -0.39 is 6.03 Å². The Labute approximate surface area is 174 Å². The van der Waals surface area contributed by atoms with Crippen molar-refractivity contribution in [3.05, 3.63) is 81.1 Å². The average Bonchev–Trinajstić information content (AvgIpc) is 2.93. The first-order valence-electron chi connectivity index (χ1n) is 8.67. The second-order valence-corrected chi connectivity index (χ2v) is 7.24. The summed E-state index contributed by atoms with van der Waals surface area (Å²) in [6.07, 6.45) is 1.61. The molecule has 0 radical (unpaired) electrons. The Bertz CT molecular complexity index is 1060. The molecular formula is C21H20Cl2N4O. The van der Waals surface area contributed by atoms with Crippen LogP contribution in [0, 0.1) is 20.8 Å². The number of amides is 2. The number of benzene rings is 2. The van der Waals surface area contributed by atoms with Gasteiger partial charge in [-0.15, -0.1) is 0 Å². The van der Waals surface area contributed by atoms with Gasteiger partial charge in [0.25, 0.3) is 0 Å². The number of carbonyl (C=O) groups is 1. The Morgan fingerprint density at radius 3 is 2.57 bits per heavy atom. The first-order chi connectivity index (χ1) is 13.4. The number of hydrazone groups is 1. The number of aryl methyl sites for hydroxylation is 2. The van der Waals surface area contributed by atoms with Gasteiger partial charge in [0.15, 0.2) is 0 Å². The zero-order valence-electron chi connectivity index (χ0n) is 15.8. The van der Waals surface area contributed by atoms with E-state index in [4.69, 9.17) is 23.2 Å². The maximum absolute atomic E-state index is 12.0. The molecule has 144 valence electrons. The number of aromatic nitrogens is 1. The summed E-state index contributed by atoms with van der Waals surface area (Å²) in [7, 11) is 0. The van der Waals surface area contributed by atoms with Crippen LogP contribution in [0.25, 0.3) is 5.69 Å². The lowest BCUT2D eigenvalue weighted by Gasteiger charge is -2.12. The molecule has 28 heavy (non-hydrogen) atoms. The highest BCUT2D eigenvalue weighted by atomic mass is 35.5. The predicted molar refractivity (Wildman–Crippen MR) is 116 cm³/mol. The average molecular weight is 415 g/mol. The third-order valence-electron chi connectivity index (χ3n) is 4.38. The molecule has 1 aromatic heterocycles. The van der Waals surface area contributed by atoms with Gasteiger partial charge in [-0.3, -0.25) is 0 Å². The number of nitrogens with zero attached hydrogens (tertiary/aromatic N) is 2. The second kappa shape index (κ2) is 8.50. The SMILES string of the molecule is Cc1ccccc1NC(=O)NN=Cc1cc(C)n(-c2cc(Cl)ccc2Cl)c1C. The topological polar surface area (TPSA) is 58.4 Å². The summed E-state index contributed by atoms with van der Waals surface area (Å²) in [5, 5.41) is 8.03. The van der Waals surface area contributed by atoms with E-state index in [2.05, 4.69) is 15.8 Å². The number of para-hydroxylation sites is 1. The van der Waals surface area contributed by atoms with Crippen LogP contribution < -0.4 is 10.7 Å². The molecule has 2 aromatic carbocycles. The monoisotopic (exact) mass is 414 g/mol. The van der Waals surface area contributed by atoms with Gasteiger partial charge in [-0.05, 0) is 56.7 Å². The normalized spacial score (nSPS) is 11.0. The number of urea groups is 1. The van der Waals surface area contributed by atoms with E-state index >= 15 is 0 Å². The first kappa shape index (κ1) is 20.0. The molecule has 0 fully saturated rings. The van der Waals surface area contributed by atoms with Crippen molar-refractivity contribution in [2.75, 3.05) is 5.32 Å². The van der Waals surface area contributed by atoms with Gasteiger partial charge in [0.2, 0.25) is 0 Å². The van der Waals surface area contributed by atoms with Crippen LogP contribution in [-0.4, -0.2) is 16.8 Å². The zero-order valence-corrected chi connectivity index (χ0v) is 17.3. The van der Waals surface area contributed by atoms with Crippen molar-refractivity contribution in [2.45, 2.75) is 20.8 Å². The minimum Gasteiger partial charge on any atom is -0.316 e. The molecule has 3 aromatic rings. The van der Waals surface area contributed by atoms with Gasteiger partial charge >= 0.3 is 6.03 Å². The smallest absolute Gasteiger partial charge is 0.316 e. The molecule has 0 aliphatic rings. The molecule has 0 saturated heterocycles. The third kappa shape index (κ3) is 4.38. The number of anilines is 1. The Hall–Kier alpha value is -2.76. The van der Waals surface area contributed by atoms with Crippen molar-refractivity contribution < 1.29 is 4.79 Å². The number of nitrogens with one attached hydrogen (secondary N) is 2. The van der Waals surface area contributed by atoms with Crippen molar-refractivity contribution in [3.8, 4) is 5.69 Å². The molecule has 1 heterocycles.